The van der Waals surface area contributed by atoms with Gasteiger partial charge >= 0.3 is 0 Å². The van der Waals surface area contributed by atoms with Gasteiger partial charge in [0.15, 0.2) is 5.13 Å². The van der Waals surface area contributed by atoms with E-state index in [9.17, 15) is 0 Å². The molecule has 0 aliphatic carbocycles. The maximum absolute atomic E-state index is 4.81. The van der Waals surface area contributed by atoms with Crippen LogP contribution in [0.1, 0.15) is 57.7 Å². The molecule has 2 heterocycles. The topological polar surface area (TPSA) is 28.2 Å². The Morgan fingerprint density at radius 3 is 2.61 bits per heavy atom. The van der Waals surface area contributed by atoms with Crippen molar-refractivity contribution in [3.05, 3.63) is 11.1 Å². The Morgan fingerprint density at radius 1 is 1.28 bits per heavy atom. The van der Waals surface area contributed by atoms with Crippen LogP contribution in [0, 0.1) is 0 Å². The summed E-state index contributed by atoms with van der Waals surface area (Å²) in [6.45, 7) is 7.70. The van der Waals surface area contributed by atoms with Gasteiger partial charge in [-0.3, -0.25) is 0 Å². The summed E-state index contributed by atoms with van der Waals surface area (Å²) in [4.78, 5) is 7.28. The molecular weight excluding hydrogens is 242 g/mol. The third kappa shape index (κ3) is 3.69. The van der Waals surface area contributed by atoms with Gasteiger partial charge in [-0.15, -0.1) is 11.3 Å². The quantitative estimate of drug-likeness (QED) is 0.903. The molecule has 1 unspecified atom stereocenters. The van der Waals surface area contributed by atoms with E-state index in [4.69, 9.17) is 4.98 Å². The second-order valence-electron chi connectivity index (χ2n) is 5.09. The Morgan fingerprint density at radius 2 is 1.94 bits per heavy atom. The molecule has 0 radical (unpaired) electrons. The van der Waals surface area contributed by atoms with Crippen molar-refractivity contribution in [2.75, 3.05) is 24.5 Å². The highest BCUT2D eigenvalue weighted by atomic mass is 32.1. The van der Waals surface area contributed by atoms with Gasteiger partial charge in [-0.05, 0) is 26.3 Å². The molecule has 0 spiro atoms. The SMILES string of the molecule is CCNC(C)c1csc(N2CCCCCCC2)n1. The van der Waals surface area contributed by atoms with E-state index in [1.165, 1.54) is 56.0 Å². The van der Waals surface area contributed by atoms with E-state index in [1.54, 1.807) is 11.3 Å². The summed E-state index contributed by atoms with van der Waals surface area (Å²) in [5, 5.41) is 6.85. The number of nitrogens with zero attached hydrogens (tertiary/aromatic N) is 2. The smallest absolute Gasteiger partial charge is 0.185 e. The summed E-state index contributed by atoms with van der Waals surface area (Å²) in [6, 6.07) is 0.370. The van der Waals surface area contributed by atoms with Crippen LogP contribution < -0.4 is 10.2 Å². The number of anilines is 1. The van der Waals surface area contributed by atoms with Gasteiger partial charge < -0.3 is 10.2 Å². The molecule has 0 amide bonds. The van der Waals surface area contributed by atoms with Crippen LogP contribution in [-0.2, 0) is 0 Å². The number of nitrogens with one attached hydrogen (secondary N) is 1. The van der Waals surface area contributed by atoms with Crippen LogP contribution in [0.25, 0.3) is 0 Å². The molecule has 102 valence electrons. The first-order valence-corrected chi connectivity index (χ1v) is 8.13. The van der Waals surface area contributed by atoms with Gasteiger partial charge in [-0.1, -0.05) is 26.2 Å². The maximum Gasteiger partial charge on any atom is 0.185 e. The Labute approximate surface area is 115 Å². The molecule has 0 aromatic carbocycles. The van der Waals surface area contributed by atoms with E-state index >= 15 is 0 Å². The zero-order valence-electron chi connectivity index (χ0n) is 11.6. The number of thiazole rings is 1. The second-order valence-corrected chi connectivity index (χ2v) is 5.93. The highest BCUT2D eigenvalue weighted by Gasteiger charge is 2.14. The van der Waals surface area contributed by atoms with Gasteiger partial charge in [0.2, 0.25) is 0 Å². The molecular formula is C14H25N3S. The predicted molar refractivity (Wildman–Crippen MR) is 79.5 cm³/mol. The van der Waals surface area contributed by atoms with Crippen LogP contribution in [0.15, 0.2) is 5.38 Å². The summed E-state index contributed by atoms with van der Waals surface area (Å²) in [7, 11) is 0. The molecule has 1 aromatic heterocycles. The minimum atomic E-state index is 0.370. The summed E-state index contributed by atoms with van der Waals surface area (Å²) in [5.41, 5.74) is 1.19. The van der Waals surface area contributed by atoms with Crippen molar-refractivity contribution >= 4 is 16.5 Å². The molecule has 0 bridgehead atoms. The normalized spacial score (nSPS) is 19.3. The minimum absolute atomic E-state index is 0.370. The monoisotopic (exact) mass is 267 g/mol. The fourth-order valence-electron chi connectivity index (χ4n) is 2.47. The van der Waals surface area contributed by atoms with Gasteiger partial charge in [-0.25, -0.2) is 4.98 Å². The third-order valence-corrected chi connectivity index (χ3v) is 4.51. The molecule has 1 aliphatic heterocycles. The highest BCUT2D eigenvalue weighted by molar-refractivity contribution is 7.13. The van der Waals surface area contributed by atoms with Crippen molar-refractivity contribution in [3.63, 3.8) is 0 Å². The number of hydrogen-bond acceptors (Lipinski definition) is 4. The van der Waals surface area contributed by atoms with Gasteiger partial charge in [0.25, 0.3) is 0 Å². The lowest BCUT2D eigenvalue weighted by molar-refractivity contribution is 0.553. The van der Waals surface area contributed by atoms with Crippen molar-refractivity contribution in [3.8, 4) is 0 Å². The van der Waals surface area contributed by atoms with Crippen molar-refractivity contribution in [2.45, 2.75) is 52.0 Å². The Kier molecular flexibility index (Phi) is 5.45. The standard InChI is InChI=1S/C14H25N3S/c1-3-15-12(2)13-11-18-14(16-13)17-9-7-5-4-6-8-10-17/h11-12,15H,3-10H2,1-2H3. The Bertz CT molecular complexity index is 343. The summed E-state index contributed by atoms with van der Waals surface area (Å²) in [6.07, 6.45) is 6.80. The number of aromatic nitrogens is 1. The molecule has 4 heteroatoms. The molecule has 1 atom stereocenters. The molecule has 1 aromatic rings. The van der Waals surface area contributed by atoms with E-state index in [0.29, 0.717) is 6.04 Å². The number of hydrogen-bond donors (Lipinski definition) is 1. The lowest BCUT2D eigenvalue weighted by Gasteiger charge is -2.24. The van der Waals surface area contributed by atoms with Crippen molar-refractivity contribution < 1.29 is 0 Å². The number of rotatable bonds is 4. The Hall–Kier alpha value is -0.610. The van der Waals surface area contributed by atoms with Crippen molar-refractivity contribution in [2.24, 2.45) is 0 Å². The van der Waals surface area contributed by atoms with Crippen molar-refractivity contribution in [1.29, 1.82) is 0 Å². The van der Waals surface area contributed by atoms with Gasteiger partial charge in [0.1, 0.15) is 0 Å². The van der Waals surface area contributed by atoms with E-state index in [1.807, 2.05) is 0 Å². The first-order chi connectivity index (χ1) is 8.81. The van der Waals surface area contributed by atoms with Crippen LogP contribution in [0.3, 0.4) is 0 Å². The zero-order valence-corrected chi connectivity index (χ0v) is 12.4. The maximum atomic E-state index is 4.81. The van der Waals surface area contributed by atoms with Gasteiger partial charge in [0.05, 0.1) is 5.69 Å². The Balaban J connectivity index is 1.98. The highest BCUT2D eigenvalue weighted by Crippen LogP contribution is 2.26. The average Bonchev–Trinajstić information content (AvgIpc) is 2.78. The summed E-state index contributed by atoms with van der Waals surface area (Å²) in [5.74, 6) is 0. The molecule has 1 saturated heterocycles. The molecule has 2 rings (SSSR count). The van der Waals surface area contributed by atoms with E-state index in [2.05, 4.69) is 29.4 Å². The molecule has 18 heavy (non-hydrogen) atoms. The van der Waals surface area contributed by atoms with E-state index < -0.39 is 0 Å². The molecule has 1 aliphatic rings. The van der Waals surface area contributed by atoms with Crippen LogP contribution >= 0.6 is 11.3 Å². The first-order valence-electron chi connectivity index (χ1n) is 7.25. The van der Waals surface area contributed by atoms with Crippen LogP contribution in [-0.4, -0.2) is 24.6 Å². The first kappa shape index (κ1) is 13.8. The van der Waals surface area contributed by atoms with Gasteiger partial charge in [-0.2, -0.15) is 0 Å². The average molecular weight is 267 g/mol. The molecule has 0 saturated carbocycles. The molecule has 1 fully saturated rings. The van der Waals surface area contributed by atoms with Gasteiger partial charge in [0, 0.05) is 24.5 Å². The fourth-order valence-corrected chi connectivity index (χ4v) is 3.44. The fraction of sp³-hybridized carbons (Fsp3) is 0.786. The zero-order chi connectivity index (χ0) is 12.8. The molecule has 3 nitrogen and oxygen atoms in total. The summed E-state index contributed by atoms with van der Waals surface area (Å²) >= 11 is 1.80. The van der Waals surface area contributed by atoms with Crippen LogP contribution in [0.5, 0.6) is 0 Å². The second kappa shape index (κ2) is 7.10. The van der Waals surface area contributed by atoms with E-state index in [0.717, 1.165) is 6.54 Å². The van der Waals surface area contributed by atoms with Crippen LogP contribution in [0.4, 0.5) is 5.13 Å². The van der Waals surface area contributed by atoms with E-state index in [-0.39, 0.29) is 0 Å². The lowest BCUT2D eigenvalue weighted by atomic mass is 10.1. The minimum Gasteiger partial charge on any atom is -0.348 e. The third-order valence-electron chi connectivity index (χ3n) is 3.59. The molecule has 1 N–H and O–H groups in total. The van der Waals surface area contributed by atoms with Crippen LogP contribution in [0.2, 0.25) is 0 Å². The lowest BCUT2D eigenvalue weighted by Crippen LogP contribution is -2.27. The summed E-state index contributed by atoms with van der Waals surface area (Å²) < 4.78 is 0. The largest absolute Gasteiger partial charge is 0.348 e. The van der Waals surface area contributed by atoms with Crippen molar-refractivity contribution in [1.82, 2.24) is 10.3 Å². The predicted octanol–water partition coefficient (Wildman–Crippen LogP) is 3.58.